The van der Waals surface area contributed by atoms with Crippen LogP contribution in [-0.4, -0.2) is 0 Å². The van der Waals surface area contributed by atoms with Crippen LogP contribution in [0.15, 0.2) is 0 Å². The predicted octanol–water partition coefficient (Wildman–Crippen LogP) is 5.13. The van der Waals surface area contributed by atoms with E-state index in [2.05, 4.69) is 41.5 Å². The average Bonchev–Trinajstić information content (AvgIpc) is 2.70. The van der Waals surface area contributed by atoms with E-state index in [1.165, 1.54) is 25.7 Å². The van der Waals surface area contributed by atoms with Gasteiger partial charge in [-0.15, -0.1) is 0 Å². The molecule has 5 atom stereocenters. The molecule has 0 amide bonds. The van der Waals surface area contributed by atoms with Gasteiger partial charge in [0.1, 0.15) is 0 Å². The Hall–Kier alpha value is 0. The zero-order chi connectivity index (χ0) is 11.6. The first-order valence-electron chi connectivity index (χ1n) is 7.03. The molecule has 1 rings (SSSR count). The Morgan fingerprint density at radius 2 is 1.80 bits per heavy atom. The summed E-state index contributed by atoms with van der Waals surface area (Å²) in [6.07, 6.45) is 5.52. The molecule has 1 aliphatic carbocycles. The molecule has 0 nitrogen and oxygen atoms in total. The molecule has 0 saturated heterocycles. The highest BCUT2D eigenvalue weighted by molar-refractivity contribution is 5.08. The molecule has 0 aromatic heterocycles. The first kappa shape index (κ1) is 13.1. The normalized spacial score (nSPS) is 38.8. The van der Waals surface area contributed by atoms with Crippen LogP contribution in [0.3, 0.4) is 0 Å². The summed E-state index contributed by atoms with van der Waals surface area (Å²) in [6.45, 7) is 14.6. The van der Waals surface area contributed by atoms with Gasteiger partial charge in [0.25, 0.3) is 0 Å². The van der Waals surface area contributed by atoms with Crippen molar-refractivity contribution in [2.24, 2.45) is 29.1 Å². The Morgan fingerprint density at radius 1 is 1.20 bits per heavy atom. The summed E-state index contributed by atoms with van der Waals surface area (Å²) in [5.74, 6) is 3.84. The molecule has 0 N–H and O–H groups in total. The topological polar surface area (TPSA) is 0 Å². The minimum absolute atomic E-state index is 0.665. The molecule has 0 spiro atoms. The minimum Gasteiger partial charge on any atom is -0.0654 e. The smallest absolute Gasteiger partial charge is 0.0236 e. The van der Waals surface area contributed by atoms with Gasteiger partial charge in [0.15, 0.2) is 0 Å². The van der Waals surface area contributed by atoms with Crippen molar-refractivity contribution in [3.63, 3.8) is 0 Å². The Morgan fingerprint density at radius 3 is 2.13 bits per heavy atom. The van der Waals surface area contributed by atoms with Crippen LogP contribution in [0.5, 0.6) is 0 Å². The summed E-state index contributed by atoms with van der Waals surface area (Å²) in [5, 5.41) is 0. The third-order valence-electron chi connectivity index (χ3n) is 5.38. The molecule has 0 bridgehead atoms. The van der Waals surface area contributed by atoms with Crippen molar-refractivity contribution in [2.75, 3.05) is 0 Å². The van der Waals surface area contributed by atoms with Crippen LogP contribution in [0.25, 0.3) is 0 Å². The van der Waals surface area contributed by atoms with Crippen LogP contribution in [0.1, 0.15) is 67.2 Å². The lowest BCUT2D eigenvalue weighted by Gasteiger charge is -2.30. The van der Waals surface area contributed by atoms with Crippen LogP contribution >= 0.6 is 0 Å². The maximum absolute atomic E-state index is 2.55. The van der Waals surface area contributed by atoms with E-state index in [0.717, 1.165) is 23.7 Å². The van der Waals surface area contributed by atoms with Crippen molar-refractivity contribution in [3.05, 3.63) is 0 Å². The van der Waals surface area contributed by atoms with Crippen LogP contribution in [0.2, 0.25) is 0 Å². The molecule has 0 aliphatic heterocycles. The highest BCUT2D eigenvalue weighted by Crippen LogP contribution is 2.66. The van der Waals surface area contributed by atoms with E-state index >= 15 is 0 Å². The van der Waals surface area contributed by atoms with Gasteiger partial charge >= 0.3 is 0 Å². The SMILES string of the molecule is CCCC(C)C(CC)C1(C)C(C)C1CC. The summed E-state index contributed by atoms with van der Waals surface area (Å²) < 4.78 is 0. The van der Waals surface area contributed by atoms with Gasteiger partial charge in [0, 0.05) is 0 Å². The molecule has 0 heterocycles. The Bertz CT molecular complexity index is 196. The van der Waals surface area contributed by atoms with Crippen molar-refractivity contribution in [2.45, 2.75) is 67.2 Å². The number of rotatable bonds is 6. The molecule has 0 aromatic carbocycles. The quantitative estimate of drug-likeness (QED) is 0.570. The van der Waals surface area contributed by atoms with E-state index in [9.17, 15) is 0 Å². The minimum atomic E-state index is 0.665. The lowest BCUT2D eigenvalue weighted by Crippen LogP contribution is -2.23. The fourth-order valence-corrected chi connectivity index (χ4v) is 4.38. The van der Waals surface area contributed by atoms with Gasteiger partial charge in [-0.25, -0.2) is 0 Å². The second kappa shape index (κ2) is 4.89. The molecule has 90 valence electrons. The molecule has 1 saturated carbocycles. The van der Waals surface area contributed by atoms with Crippen LogP contribution < -0.4 is 0 Å². The zero-order valence-electron chi connectivity index (χ0n) is 11.6. The van der Waals surface area contributed by atoms with Gasteiger partial charge in [-0.3, -0.25) is 0 Å². The van der Waals surface area contributed by atoms with E-state index in [4.69, 9.17) is 0 Å². The molecule has 0 heteroatoms. The highest BCUT2D eigenvalue weighted by Gasteiger charge is 2.60. The van der Waals surface area contributed by atoms with Crippen molar-refractivity contribution in [3.8, 4) is 0 Å². The lowest BCUT2D eigenvalue weighted by molar-refractivity contribution is 0.188. The molecular formula is C15H30. The van der Waals surface area contributed by atoms with Crippen LogP contribution in [-0.2, 0) is 0 Å². The maximum Gasteiger partial charge on any atom is -0.0236 e. The third kappa shape index (κ3) is 2.10. The zero-order valence-corrected chi connectivity index (χ0v) is 11.6. The third-order valence-corrected chi connectivity index (χ3v) is 5.38. The molecule has 15 heavy (non-hydrogen) atoms. The Balaban J connectivity index is 2.67. The van der Waals surface area contributed by atoms with Crippen LogP contribution in [0.4, 0.5) is 0 Å². The van der Waals surface area contributed by atoms with Crippen molar-refractivity contribution >= 4 is 0 Å². The number of hydrogen-bond acceptors (Lipinski definition) is 0. The largest absolute Gasteiger partial charge is 0.0654 e. The monoisotopic (exact) mass is 210 g/mol. The molecule has 0 radical (unpaired) electrons. The predicted molar refractivity (Wildman–Crippen MR) is 68.9 cm³/mol. The van der Waals surface area contributed by atoms with E-state index < -0.39 is 0 Å². The fraction of sp³-hybridized carbons (Fsp3) is 1.00. The van der Waals surface area contributed by atoms with Gasteiger partial charge in [-0.05, 0) is 29.1 Å². The summed E-state index contributed by atoms with van der Waals surface area (Å²) >= 11 is 0. The van der Waals surface area contributed by atoms with Gasteiger partial charge < -0.3 is 0 Å². The van der Waals surface area contributed by atoms with Crippen molar-refractivity contribution < 1.29 is 0 Å². The van der Waals surface area contributed by atoms with E-state index in [0.29, 0.717) is 5.41 Å². The summed E-state index contributed by atoms with van der Waals surface area (Å²) in [7, 11) is 0. The summed E-state index contributed by atoms with van der Waals surface area (Å²) in [6, 6.07) is 0. The van der Waals surface area contributed by atoms with Gasteiger partial charge in [-0.1, -0.05) is 67.2 Å². The Labute approximate surface area is 96.8 Å². The van der Waals surface area contributed by atoms with E-state index in [-0.39, 0.29) is 0 Å². The first-order chi connectivity index (χ1) is 7.03. The second-order valence-corrected chi connectivity index (χ2v) is 5.95. The summed E-state index contributed by atoms with van der Waals surface area (Å²) in [5.41, 5.74) is 0.665. The molecule has 1 fully saturated rings. The van der Waals surface area contributed by atoms with Gasteiger partial charge in [-0.2, -0.15) is 0 Å². The standard InChI is InChI=1S/C15H30/c1-7-10-11(4)13(8-2)15(6)12(5)14(15)9-3/h11-14H,7-10H2,1-6H3. The highest BCUT2D eigenvalue weighted by atomic mass is 14.6. The molecule has 0 aromatic rings. The summed E-state index contributed by atoms with van der Waals surface area (Å²) in [4.78, 5) is 0. The van der Waals surface area contributed by atoms with Gasteiger partial charge in [0.2, 0.25) is 0 Å². The van der Waals surface area contributed by atoms with Crippen LogP contribution in [0, 0.1) is 29.1 Å². The molecule has 5 unspecified atom stereocenters. The number of hydrogen-bond donors (Lipinski definition) is 0. The average molecular weight is 210 g/mol. The Kier molecular flexibility index (Phi) is 4.26. The van der Waals surface area contributed by atoms with Crippen molar-refractivity contribution in [1.29, 1.82) is 0 Å². The van der Waals surface area contributed by atoms with E-state index in [1.807, 2.05) is 0 Å². The van der Waals surface area contributed by atoms with E-state index in [1.54, 1.807) is 0 Å². The lowest BCUT2D eigenvalue weighted by atomic mass is 9.75. The van der Waals surface area contributed by atoms with Crippen molar-refractivity contribution in [1.82, 2.24) is 0 Å². The fourth-order valence-electron chi connectivity index (χ4n) is 4.38. The molecule has 1 aliphatic rings. The first-order valence-corrected chi connectivity index (χ1v) is 7.03. The second-order valence-electron chi connectivity index (χ2n) is 5.95. The maximum atomic E-state index is 2.55. The molecular weight excluding hydrogens is 180 g/mol. The van der Waals surface area contributed by atoms with Gasteiger partial charge in [0.05, 0.1) is 0 Å².